The van der Waals surface area contributed by atoms with E-state index in [2.05, 4.69) is 10.4 Å². The zero-order valence-corrected chi connectivity index (χ0v) is 13.7. The normalized spacial score (nSPS) is 10.4. The van der Waals surface area contributed by atoms with Crippen LogP contribution in [0.3, 0.4) is 0 Å². The molecule has 0 aliphatic rings. The van der Waals surface area contributed by atoms with Crippen molar-refractivity contribution in [1.29, 1.82) is 0 Å². The number of aromatic nitrogens is 2. The third kappa shape index (κ3) is 4.02. The zero-order valence-electron chi connectivity index (χ0n) is 12.9. The molecule has 3 aromatic rings. The van der Waals surface area contributed by atoms with Crippen LogP contribution in [0, 0.1) is 10.1 Å². The maximum atomic E-state index is 12.3. The van der Waals surface area contributed by atoms with Gasteiger partial charge in [-0.1, -0.05) is 35.9 Å². The van der Waals surface area contributed by atoms with Gasteiger partial charge in [-0.15, -0.1) is 0 Å². The Kier molecular flexibility index (Phi) is 4.76. The van der Waals surface area contributed by atoms with Crippen molar-refractivity contribution in [3.8, 4) is 0 Å². The molecular weight excluding hydrogens is 344 g/mol. The van der Waals surface area contributed by atoms with Crippen molar-refractivity contribution in [2.45, 2.75) is 6.54 Å². The van der Waals surface area contributed by atoms with Crippen molar-refractivity contribution >= 4 is 29.0 Å². The van der Waals surface area contributed by atoms with Gasteiger partial charge in [-0.25, -0.2) is 0 Å². The Balaban J connectivity index is 1.73. The topological polar surface area (TPSA) is 90.1 Å². The Labute approximate surface area is 148 Å². The highest BCUT2D eigenvalue weighted by atomic mass is 35.5. The predicted molar refractivity (Wildman–Crippen MR) is 93.8 cm³/mol. The van der Waals surface area contributed by atoms with Crippen molar-refractivity contribution in [2.75, 3.05) is 5.32 Å². The second-order valence-corrected chi connectivity index (χ2v) is 5.69. The Morgan fingerprint density at radius 1 is 1.20 bits per heavy atom. The van der Waals surface area contributed by atoms with Crippen LogP contribution in [-0.2, 0) is 6.54 Å². The predicted octanol–water partition coefficient (Wildman–Crippen LogP) is 3.75. The maximum absolute atomic E-state index is 12.3. The van der Waals surface area contributed by atoms with Gasteiger partial charge in [-0.2, -0.15) is 5.10 Å². The summed E-state index contributed by atoms with van der Waals surface area (Å²) < 4.78 is 1.64. The molecule has 0 fully saturated rings. The number of carbonyl (C=O) groups is 1. The summed E-state index contributed by atoms with van der Waals surface area (Å²) in [5, 5.41) is 18.5. The standard InChI is InChI=1S/C17H13ClN4O3/c18-13-5-3-4-12(10-13)11-21-9-8-16(20-21)19-17(23)14-6-1-2-7-15(14)22(24)25/h1-10H,11H2,(H,19,20,23). The van der Waals surface area contributed by atoms with Gasteiger partial charge in [0.15, 0.2) is 5.82 Å². The van der Waals surface area contributed by atoms with Crippen LogP contribution in [-0.4, -0.2) is 20.6 Å². The Morgan fingerprint density at radius 2 is 2.00 bits per heavy atom. The van der Waals surface area contributed by atoms with E-state index in [-0.39, 0.29) is 11.3 Å². The van der Waals surface area contributed by atoms with Crippen LogP contribution in [0.1, 0.15) is 15.9 Å². The quantitative estimate of drug-likeness (QED) is 0.557. The molecule has 0 spiro atoms. The first kappa shape index (κ1) is 16.7. The van der Waals surface area contributed by atoms with E-state index < -0.39 is 10.8 Å². The molecule has 25 heavy (non-hydrogen) atoms. The molecule has 8 heteroatoms. The molecule has 3 rings (SSSR count). The highest BCUT2D eigenvalue weighted by Crippen LogP contribution is 2.19. The lowest BCUT2D eigenvalue weighted by atomic mass is 10.1. The highest BCUT2D eigenvalue weighted by Gasteiger charge is 2.19. The minimum atomic E-state index is -0.591. The van der Waals surface area contributed by atoms with Gasteiger partial charge in [0.05, 0.1) is 11.5 Å². The first-order valence-corrected chi connectivity index (χ1v) is 7.73. The fourth-order valence-electron chi connectivity index (χ4n) is 2.35. The number of nitrogens with one attached hydrogen (secondary N) is 1. The molecule has 0 unspecified atom stereocenters. The number of rotatable bonds is 5. The smallest absolute Gasteiger partial charge is 0.282 e. The van der Waals surface area contributed by atoms with E-state index in [0.29, 0.717) is 17.4 Å². The second-order valence-electron chi connectivity index (χ2n) is 5.26. The van der Waals surface area contributed by atoms with Gasteiger partial charge in [0.1, 0.15) is 5.56 Å². The lowest BCUT2D eigenvalue weighted by molar-refractivity contribution is -0.385. The molecule has 0 radical (unpaired) electrons. The summed E-state index contributed by atoms with van der Waals surface area (Å²) in [7, 11) is 0. The van der Waals surface area contributed by atoms with Crippen LogP contribution >= 0.6 is 11.6 Å². The number of hydrogen-bond acceptors (Lipinski definition) is 4. The average Bonchev–Trinajstić information content (AvgIpc) is 3.01. The number of nitro groups is 1. The van der Waals surface area contributed by atoms with Crippen LogP contribution in [0.15, 0.2) is 60.8 Å². The fraction of sp³-hybridized carbons (Fsp3) is 0.0588. The molecule has 1 heterocycles. The van der Waals surface area contributed by atoms with Gasteiger partial charge in [0.25, 0.3) is 11.6 Å². The van der Waals surface area contributed by atoms with E-state index in [1.165, 1.54) is 18.2 Å². The number of nitro benzene ring substituents is 1. The summed E-state index contributed by atoms with van der Waals surface area (Å²) in [6, 6.07) is 14.8. The molecule has 126 valence electrons. The number of nitrogens with zero attached hydrogens (tertiary/aromatic N) is 3. The van der Waals surface area contributed by atoms with E-state index in [4.69, 9.17) is 11.6 Å². The number of benzene rings is 2. The number of halogens is 1. The Morgan fingerprint density at radius 3 is 2.76 bits per heavy atom. The third-order valence-corrected chi connectivity index (χ3v) is 3.70. The first-order valence-electron chi connectivity index (χ1n) is 7.35. The van der Waals surface area contributed by atoms with Crippen LogP contribution in [0.2, 0.25) is 5.02 Å². The highest BCUT2D eigenvalue weighted by molar-refractivity contribution is 6.30. The molecule has 0 saturated carbocycles. The number of anilines is 1. The van der Waals surface area contributed by atoms with Crippen molar-refractivity contribution in [3.05, 3.63) is 87.1 Å². The van der Waals surface area contributed by atoms with E-state index in [9.17, 15) is 14.9 Å². The monoisotopic (exact) mass is 356 g/mol. The van der Waals surface area contributed by atoms with Crippen LogP contribution < -0.4 is 5.32 Å². The molecule has 0 aliphatic carbocycles. The average molecular weight is 357 g/mol. The minimum Gasteiger partial charge on any atom is -0.305 e. The number of hydrogen-bond donors (Lipinski definition) is 1. The van der Waals surface area contributed by atoms with Crippen molar-refractivity contribution < 1.29 is 9.72 Å². The van der Waals surface area contributed by atoms with Gasteiger partial charge in [0, 0.05) is 23.4 Å². The molecule has 7 nitrogen and oxygen atoms in total. The lowest BCUT2D eigenvalue weighted by Gasteiger charge is -2.04. The SMILES string of the molecule is O=C(Nc1ccn(Cc2cccc(Cl)c2)n1)c1ccccc1[N+](=O)[O-]. The fourth-order valence-corrected chi connectivity index (χ4v) is 2.56. The maximum Gasteiger partial charge on any atom is 0.282 e. The molecular formula is C17H13ClN4O3. The number of carbonyl (C=O) groups excluding carboxylic acids is 1. The van der Waals surface area contributed by atoms with Crippen molar-refractivity contribution in [2.24, 2.45) is 0 Å². The molecule has 0 atom stereocenters. The molecule has 0 aliphatic heterocycles. The summed E-state index contributed by atoms with van der Waals surface area (Å²) in [4.78, 5) is 22.7. The van der Waals surface area contributed by atoms with Gasteiger partial charge in [-0.05, 0) is 23.8 Å². The summed E-state index contributed by atoms with van der Waals surface area (Å²) >= 11 is 5.95. The molecule has 1 aromatic heterocycles. The molecule has 1 N–H and O–H groups in total. The summed E-state index contributed by atoms with van der Waals surface area (Å²) in [5.41, 5.74) is 0.697. The molecule has 0 bridgehead atoms. The van der Waals surface area contributed by atoms with Crippen LogP contribution in [0.5, 0.6) is 0 Å². The third-order valence-electron chi connectivity index (χ3n) is 3.46. The number of amides is 1. The van der Waals surface area contributed by atoms with E-state index in [1.807, 2.05) is 18.2 Å². The Bertz CT molecular complexity index is 939. The summed E-state index contributed by atoms with van der Waals surface area (Å²) in [5.74, 6) is -0.273. The van der Waals surface area contributed by atoms with Gasteiger partial charge < -0.3 is 5.32 Å². The largest absolute Gasteiger partial charge is 0.305 e. The van der Waals surface area contributed by atoms with E-state index in [1.54, 1.807) is 29.1 Å². The molecule has 2 aromatic carbocycles. The summed E-state index contributed by atoms with van der Waals surface area (Å²) in [6.07, 6.45) is 1.70. The van der Waals surface area contributed by atoms with Gasteiger partial charge in [-0.3, -0.25) is 19.6 Å². The zero-order chi connectivity index (χ0) is 17.8. The molecule has 1 amide bonds. The van der Waals surface area contributed by atoms with Crippen molar-refractivity contribution in [3.63, 3.8) is 0 Å². The Hall–Kier alpha value is -3.19. The second kappa shape index (κ2) is 7.14. The van der Waals surface area contributed by atoms with E-state index >= 15 is 0 Å². The summed E-state index contributed by atoms with van der Waals surface area (Å²) in [6.45, 7) is 0.488. The number of para-hydroxylation sites is 1. The minimum absolute atomic E-state index is 0.0168. The first-order chi connectivity index (χ1) is 12.0. The van der Waals surface area contributed by atoms with Crippen LogP contribution in [0.4, 0.5) is 11.5 Å². The van der Waals surface area contributed by atoms with Gasteiger partial charge >= 0.3 is 0 Å². The van der Waals surface area contributed by atoms with Gasteiger partial charge in [0.2, 0.25) is 0 Å². The lowest BCUT2D eigenvalue weighted by Crippen LogP contribution is -2.14. The molecule has 0 saturated heterocycles. The van der Waals surface area contributed by atoms with E-state index in [0.717, 1.165) is 5.56 Å². The van der Waals surface area contributed by atoms with Crippen molar-refractivity contribution in [1.82, 2.24) is 9.78 Å². The van der Waals surface area contributed by atoms with Crippen LogP contribution in [0.25, 0.3) is 0 Å².